The van der Waals surface area contributed by atoms with Crippen LogP contribution >= 0.6 is 0 Å². The van der Waals surface area contributed by atoms with E-state index in [9.17, 15) is 9.59 Å². The Morgan fingerprint density at radius 3 is 2.48 bits per heavy atom. The minimum Gasteiger partial charge on any atom is -0.477 e. The van der Waals surface area contributed by atoms with Crippen molar-refractivity contribution in [1.29, 1.82) is 0 Å². The van der Waals surface area contributed by atoms with Gasteiger partial charge < -0.3 is 9.67 Å². The molecular formula is C17H19N3O3. The molecular weight excluding hydrogens is 294 g/mol. The summed E-state index contributed by atoms with van der Waals surface area (Å²) >= 11 is 0. The predicted molar refractivity (Wildman–Crippen MR) is 88.9 cm³/mol. The molecule has 0 amide bonds. The quantitative estimate of drug-likeness (QED) is 0.789. The summed E-state index contributed by atoms with van der Waals surface area (Å²) in [5, 5.41) is 9.15. The Morgan fingerprint density at radius 1 is 1.17 bits per heavy atom. The first kappa shape index (κ1) is 16.5. The maximum atomic E-state index is 11.7. The summed E-state index contributed by atoms with van der Waals surface area (Å²) in [7, 11) is 1.69. The van der Waals surface area contributed by atoms with E-state index in [0.29, 0.717) is 11.2 Å². The van der Waals surface area contributed by atoms with Gasteiger partial charge in [-0.3, -0.25) is 9.20 Å². The second-order valence-electron chi connectivity index (χ2n) is 4.92. The van der Waals surface area contributed by atoms with E-state index in [1.54, 1.807) is 38.5 Å². The number of rotatable bonds is 2. The molecule has 0 aliphatic carbocycles. The highest BCUT2D eigenvalue weighted by Crippen LogP contribution is 2.20. The highest BCUT2D eigenvalue weighted by Gasteiger charge is 2.11. The number of aromatic carboxylic acids is 1. The standard InChI is InChI=1S/C15H13N3O3.C2H6/c1-9-5-11(7-17(2)14(9)19)10-3-4-13-16-6-12(15(20)21)18(13)8-10;1-2/h3-8H,1-2H3,(H,20,21);1-2H3. The van der Waals surface area contributed by atoms with E-state index < -0.39 is 5.97 Å². The number of hydrogen-bond acceptors (Lipinski definition) is 3. The van der Waals surface area contributed by atoms with E-state index in [0.717, 1.165) is 11.1 Å². The zero-order valence-corrected chi connectivity index (χ0v) is 13.6. The number of carboxylic acid groups (broad SMARTS) is 1. The van der Waals surface area contributed by atoms with E-state index in [-0.39, 0.29) is 11.3 Å². The molecule has 3 rings (SSSR count). The van der Waals surface area contributed by atoms with Gasteiger partial charge in [-0.15, -0.1) is 0 Å². The van der Waals surface area contributed by atoms with Crippen LogP contribution in [0.25, 0.3) is 16.8 Å². The third kappa shape index (κ3) is 3.01. The van der Waals surface area contributed by atoms with Gasteiger partial charge in [0, 0.05) is 25.0 Å². The summed E-state index contributed by atoms with van der Waals surface area (Å²) in [5.74, 6) is -1.03. The number of aromatic nitrogens is 3. The minimum absolute atomic E-state index is 0.0475. The molecule has 0 aliphatic rings. The average Bonchev–Trinajstić information content (AvgIpc) is 2.97. The highest BCUT2D eigenvalue weighted by atomic mass is 16.4. The lowest BCUT2D eigenvalue weighted by atomic mass is 10.1. The molecule has 0 unspecified atom stereocenters. The zero-order valence-electron chi connectivity index (χ0n) is 13.6. The number of pyridine rings is 2. The number of hydrogen-bond donors (Lipinski definition) is 1. The molecule has 0 aromatic carbocycles. The van der Waals surface area contributed by atoms with Crippen molar-refractivity contribution in [3.8, 4) is 11.1 Å². The second-order valence-corrected chi connectivity index (χ2v) is 4.92. The molecule has 0 aliphatic heterocycles. The van der Waals surface area contributed by atoms with Gasteiger partial charge in [0.1, 0.15) is 5.65 Å². The maximum Gasteiger partial charge on any atom is 0.354 e. The number of nitrogens with zero attached hydrogens (tertiary/aromatic N) is 3. The van der Waals surface area contributed by atoms with Crippen molar-refractivity contribution in [2.45, 2.75) is 20.8 Å². The third-order valence-electron chi connectivity index (χ3n) is 3.42. The number of carbonyl (C=O) groups is 1. The van der Waals surface area contributed by atoms with Crippen LogP contribution in [0.3, 0.4) is 0 Å². The van der Waals surface area contributed by atoms with Crippen LogP contribution in [0.4, 0.5) is 0 Å². The number of carboxylic acids is 1. The van der Waals surface area contributed by atoms with Gasteiger partial charge in [-0.2, -0.15) is 0 Å². The van der Waals surface area contributed by atoms with Crippen LogP contribution in [0, 0.1) is 6.92 Å². The third-order valence-corrected chi connectivity index (χ3v) is 3.42. The summed E-state index contributed by atoms with van der Waals surface area (Å²) in [4.78, 5) is 27.0. The monoisotopic (exact) mass is 313 g/mol. The Labute approximate surface area is 133 Å². The smallest absolute Gasteiger partial charge is 0.354 e. The van der Waals surface area contributed by atoms with Crippen LogP contribution in [-0.4, -0.2) is 25.0 Å². The molecule has 0 bridgehead atoms. The summed E-state index contributed by atoms with van der Waals surface area (Å²) in [6.07, 6.45) is 4.77. The molecule has 6 heteroatoms. The van der Waals surface area contributed by atoms with Crippen molar-refractivity contribution < 1.29 is 9.90 Å². The predicted octanol–water partition coefficient (Wildman–Crippen LogP) is 2.73. The van der Waals surface area contributed by atoms with Crippen molar-refractivity contribution in [2.75, 3.05) is 0 Å². The lowest BCUT2D eigenvalue weighted by molar-refractivity contribution is 0.0689. The van der Waals surface area contributed by atoms with Crippen molar-refractivity contribution >= 4 is 11.6 Å². The second kappa shape index (κ2) is 6.48. The Kier molecular flexibility index (Phi) is 4.64. The molecule has 1 N–H and O–H groups in total. The van der Waals surface area contributed by atoms with Gasteiger partial charge in [-0.25, -0.2) is 9.78 Å². The SMILES string of the molecule is CC.Cc1cc(-c2ccc3ncc(C(=O)O)n3c2)cn(C)c1=O. The largest absolute Gasteiger partial charge is 0.477 e. The van der Waals surface area contributed by atoms with Crippen LogP contribution in [0.2, 0.25) is 0 Å². The summed E-state index contributed by atoms with van der Waals surface area (Å²) in [6, 6.07) is 5.40. The maximum absolute atomic E-state index is 11.7. The van der Waals surface area contributed by atoms with Gasteiger partial charge in [0.25, 0.3) is 5.56 Å². The Bertz CT molecular complexity index is 896. The Balaban J connectivity index is 0.000000924. The lowest BCUT2D eigenvalue weighted by Gasteiger charge is -2.07. The molecule has 0 atom stereocenters. The molecule has 0 saturated carbocycles. The van der Waals surface area contributed by atoms with Crippen molar-refractivity contribution in [2.24, 2.45) is 7.05 Å². The number of aryl methyl sites for hydroxylation is 2. The van der Waals surface area contributed by atoms with Crippen molar-refractivity contribution in [3.05, 3.63) is 58.4 Å². The van der Waals surface area contributed by atoms with Gasteiger partial charge in [0.2, 0.25) is 0 Å². The summed E-state index contributed by atoms with van der Waals surface area (Å²) < 4.78 is 3.04. The van der Waals surface area contributed by atoms with Crippen LogP contribution in [0.5, 0.6) is 0 Å². The summed E-state index contributed by atoms with van der Waals surface area (Å²) in [6.45, 7) is 5.75. The van der Waals surface area contributed by atoms with Gasteiger partial charge in [0.15, 0.2) is 5.69 Å². The fourth-order valence-electron chi connectivity index (χ4n) is 2.35. The van der Waals surface area contributed by atoms with Gasteiger partial charge >= 0.3 is 5.97 Å². The van der Waals surface area contributed by atoms with E-state index >= 15 is 0 Å². The van der Waals surface area contributed by atoms with E-state index in [4.69, 9.17) is 5.11 Å². The van der Waals surface area contributed by atoms with Gasteiger partial charge in [-0.1, -0.05) is 13.8 Å². The van der Waals surface area contributed by atoms with Crippen LogP contribution in [0.15, 0.2) is 41.6 Å². The molecule has 0 spiro atoms. The van der Waals surface area contributed by atoms with Gasteiger partial charge in [0.05, 0.1) is 6.20 Å². The normalized spacial score (nSPS) is 10.3. The van der Waals surface area contributed by atoms with Crippen LogP contribution < -0.4 is 5.56 Å². The topological polar surface area (TPSA) is 76.6 Å². The Hall–Kier alpha value is -2.89. The number of fused-ring (bicyclic) bond motifs is 1. The van der Waals surface area contributed by atoms with E-state index in [1.807, 2.05) is 19.9 Å². The summed E-state index contributed by atoms with van der Waals surface area (Å²) in [5.41, 5.74) is 2.93. The molecule has 6 nitrogen and oxygen atoms in total. The molecule has 23 heavy (non-hydrogen) atoms. The molecule has 3 aromatic heterocycles. The van der Waals surface area contributed by atoms with E-state index in [1.165, 1.54) is 15.2 Å². The fourth-order valence-corrected chi connectivity index (χ4v) is 2.35. The van der Waals surface area contributed by atoms with Gasteiger partial charge in [-0.05, 0) is 36.2 Å². The van der Waals surface area contributed by atoms with Crippen molar-refractivity contribution in [1.82, 2.24) is 14.0 Å². The zero-order chi connectivity index (χ0) is 17.1. The first-order chi connectivity index (χ1) is 11.0. The molecule has 3 aromatic rings. The Morgan fingerprint density at radius 2 is 1.87 bits per heavy atom. The number of imidazole rings is 1. The molecule has 0 radical (unpaired) electrons. The first-order valence-corrected chi connectivity index (χ1v) is 7.35. The van der Waals surface area contributed by atoms with Crippen LogP contribution in [0.1, 0.15) is 29.9 Å². The minimum atomic E-state index is -1.03. The van der Waals surface area contributed by atoms with Crippen molar-refractivity contribution in [3.63, 3.8) is 0 Å². The fraction of sp³-hybridized carbons (Fsp3) is 0.235. The molecule has 3 heterocycles. The highest BCUT2D eigenvalue weighted by molar-refractivity contribution is 5.86. The van der Waals surface area contributed by atoms with E-state index in [2.05, 4.69) is 4.98 Å². The molecule has 0 fully saturated rings. The molecule has 0 saturated heterocycles. The first-order valence-electron chi connectivity index (χ1n) is 7.35. The lowest BCUT2D eigenvalue weighted by Crippen LogP contribution is -2.18. The average molecular weight is 313 g/mol. The van der Waals surface area contributed by atoms with Crippen LogP contribution in [-0.2, 0) is 7.05 Å². The molecule has 120 valence electrons.